The summed E-state index contributed by atoms with van der Waals surface area (Å²) in [6.45, 7) is 0. The summed E-state index contributed by atoms with van der Waals surface area (Å²) in [5, 5.41) is 10.1. The monoisotopic (exact) mass is 270 g/mol. The molecule has 0 radical (unpaired) electrons. The minimum absolute atomic E-state index is 0.182. The number of aliphatic hydroxyl groups is 1. The van der Waals surface area contributed by atoms with E-state index in [4.69, 9.17) is 0 Å². The lowest BCUT2D eigenvalue weighted by Crippen LogP contribution is -2.23. The molecule has 2 nitrogen and oxygen atoms in total. The third-order valence-corrected chi connectivity index (χ3v) is 3.25. The van der Waals surface area contributed by atoms with Gasteiger partial charge < -0.3 is 5.11 Å². The molecule has 19 heavy (non-hydrogen) atoms. The fourth-order valence-electron chi connectivity index (χ4n) is 2.16. The number of carbonyl (C=O) groups excluding carboxylic acids is 1. The first-order chi connectivity index (χ1) is 8.89. The topological polar surface area (TPSA) is 37.3 Å². The normalized spacial score (nSPS) is 21.5. The van der Waals surface area contributed by atoms with Crippen LogP contribution in [0, 0.1) is 5.92 Å². The van der Waals surface area contributed by atoms with Crippen LogP contribution < -0.4 is 0 Å². The molecule has 5 heteroatoms. The SMILES string of the molecule is O=C1C=CCC[C@H]1[C@@H](O)c1ccc(C(F)(F)F)cc1. The maximum Gasteiger partial charge on any atom is 0.416 e. The molecule has 1 aromatic rings. The maximum absolute atomic E-state index is 12.4. The van der Waals surface area contributed by atoms with Gasteiger partial charge in [0.15, 0.2) is 5.78 Å². The number of benzene rings is 1. The van der Waals surface area contributed by atoms with Crippen LogP contribution in [0.2, 0.25) is 0 Å². The van der Waals surface area contributed by atoms with Crippen LogP contribution in [0.5, 0.6) is 0 Å². The molecule has 0 aromatic heterocycles. The number of carbonyl (C=O) groups is 1. The van der Waals surface area contributed by atoms with Crippen LogP contribution in [0.4, 0.5) is 13.2 Å². The summed E-state index contributed by atoms with van der Waals surface area (Å²) in [5.74, 6) is -0.750. The molecule has 0 heterocycles. The molecule has 102 valence electrons. The second-order valence-corrected chi connectivity index (χ2v) is 4.55. The van der Waals surface area contributed by atoms with Crippen molar-refractivity contribution < 1.29 is 23.1 Å². The Labute approximate surface area is 108 Å². The van der Waals surface area contributed by atoms with Crippen LogP contribution in [-0.2, 0) is 11.0 Å². The van der Waals surface area contributed by atoms with Crippen molar-refractivity contribution >= 4 is 5.78 Å². The van der Waals surface area contributed by atoms with Crippen LogP contribution in [0.15, 0.2) is 36.4 Å². The minimum Gasteiger partial charge on any atom is -0.388 e. The van der Waals surface area contributed by atoms with E-state index in [1.165, 1.54) is 18.2 Å². The van der Waals surface area contributed by atoms with E-state index in [9.17, 15) is 23.1 Å². The van der Waals surface area contributed by atoms with Gasteiger partial charge in [-0.2, -0.15) is 13.2 Å². The first kappa shape index (κ1) is 13.8. The number of ketones is 1. The lowest BCUT2D eigenvalue weighted by Gasteiger charge is -2.23. The second-order valence-electron chi connectivity index (χ2n) is 4.55. The lowest BCUT2D eigenvalue weighted by molar-refractivity contribution is -0.137. The van der Waals surface area contributed by atoms with Crippen LogP contribution >= 0.6 is 0 Å². The van der Waals surface area contributed by atoms with E-state index in [1.807, 2.05) is 0 Å². The Morgan fingerprint density at radius 1 is 1.21 bits per heavy atom. The quantitative estimate of drug-likeness (QED) is 0.895. The molecule has 0 unspecified atom stereocenters. The number of alkyl halides is 3. The molecule has 2 rings (SSSR count). The predicted molar refractivity (Wildman–Crippen MR) is 63.3 cm³/mol. The Hall–Kier alpha value is -1.62. The summed E-state index contributed by atoms with van der Waals surface area (Å²) in [4.78, 5) is 11.6. The third kappa shape index (κ3) is 3.04. The fourth-order valence-corrected chi connectivity index (χ4v) is 2.16. The molecular formula is C14H13F3O2. The van der Waals surface area contributed by atoms with Gasteiger partial charge in [-0.05, 0) is 36.6 Å². The van der Waals surface area contributed by atoms with Crippen molar-refractivity contribution in [3.8, 4) is 0 Å². The van der Waals surface area contributed by atoms with Crippen molar-refractivity contribution in [1.82, 2.24) is 0 Å². The molecule has 0 bridgehead atoms. The number of hydrogen-bond acceptors (Lipinski definition) is 2. The second kappa shape index (κ2) is 5.17. The first-order valence-electron chi connectivity index (χ1n) is 5.95. The number of hydrogen-bond donors (Lipinski definition) is 1. The molecule has 0 amide bonds. The summed E-state index contributed by atoms with van der Waals surface area (Å²) in [6.07, 6.45) is -1.10. The average molecular weight is 270 g/mol. The van der Waals surface area contributed by atoms with Gasteiger partial charge in [0, 0.05) is 0 Å². The molecule has 0 aliphatic heterocycles. The maximum atomic E-state index is 12.4. The fraction of sp³-hybridized carbons (Fsp3) is 0.357. The van der Waals surface area contributed by atoms with E-state index < -0.39 is 23.8 Å². The summed E-state index contributed by atoms with van der Waals surface area (Å²) < 4.78 is 37.2. The Bertz CT molecular complexity index is 488. The molecular weight excluding hydrogens is 257 g/mol. The van der Waals surface area contributed by atoms with Crippen LogP contribution in [-0.4, -0.2) is 10.9 Å². The van der Waals surface area contributed by atoms with Gasteiger partial charge in [-0.15, -0.1) is 0 Å². The van der Waals surface area contributed by atoms with E-state index in [0.717, 1.165) is 12.1 Å². The molecule has 0 saturated carbocycles. The lowest BCUT2D eigenvalue weighted by atomic mass is 9.85. The van der Waals surface area contributed by atoms with E-state index in [-0.39, 0.29) is 5.78 Å². The molecule has 1 aromatic carbocycles. The Balaban J connectivity index is 2.18. The van der Waals surface area contributed by atoms with Crippen molar-refractivity contribution in [3.63, 3.8) is 0 Å². The summed E-state index contributed by atoms with van der Waals surface area (Å²) >= 11 is 0. The van der Waals surface area contributed by atoms with Gasteiger partial charge in [0.25, 0.3) is 0 Å². The largest absolute Gasteiger partial charge is 0.416 e. The zero-order valence-electron chi connectivity index (χ0n) is 10.0. The predicted octanol–water partition coefficient (Wildman–Crippen LogP) is 3.27. The molecule has 0 spiro atoms. The highest BCUT2D eigenvalue weighted by Crippen LogP contribution is 2.33. The Morgan fingerprint density at radius 2 is 1.84 bits per heavy atom. The number of halogens is 3. The molecule has 0 saturated heterocycles. The molecule has 1 N–H and O–H groups in total. The van der Waals surface area contributed by atoms with Crippen molar-refractivity contribution in [2.75, 3.05) is 0 Å². The third-order valence-electron chi connectivity index (χ3n) is 3.25. The smallest absolute Gasteiger partial charge is 0.388 e. The Morgan fingerprint density at radius 3 is 2.37 bits per heavy atom. The first-order valence-corrected chi connectivity index (χ1v) is 5.95. The highest BCUT2D eigenvalue weighted by atomic mass is 19.4. The van der Waals surface area contributed by atoms with E-state index in [2.05, 4.69) is 0 Å². The van der Waals surface area contributed by atoms with E-state index in [1.54, 1.807) is 6.08 Å². The average Bonchev–Trinajstić information content (AvgIpc) is 2.38. The summed E-state index contributed by atoms with van der Waals surface area (Å²) in [5.41, 5.74) is -0.431. The molecule has 0 fully saturated rings. The van der Waals surface area contributed by atoms with Gasteiger partial charge in [0.1, 0.15) is 0 Å². The summed E-state index contributed by atoms with van der Waals surface area (Å²) in [7, 11) is 0. The highest BCUT2D eigenvalue weighted by Gasteiger charge is 2.31. The molecule has 1 aliphatic carbocycles. The van der Waals surface area contributed by atoms with Crippen LogP contribution in [0.25, 0.3) is 0 Å². The van der Waals surface area contributed by atoms with Crippen LogP contribution in [0.3, 0.4) is 0 Å². The van der Waals surface area contributed by atoms with Gasteiger partial charge in [-0.3, -0.25) is 4.79 Å². The Kier molecular flexibility index (Phi) is 3.75. The zero-order valence-corrected chi connectivity index (χ0v) is 10.0. The van der Waals surface area contributed by atoms with Gasteiger partial charge in [-0.1, -0.05) is 18.2 Å². The van der Waals surface area contributed by atoms with Crippen molar-refractivity contribution in [3.05, 3.63) is 47.5 Å². The standard InChI is InChI=1S/C14H13F3O2/c15-14(16,17)10-7-5-9(6-8-10)13(19)11-3-1-2-4-12(11)18/h2,4-8,11,13,19H,1,3H2/t11-,13+/m1/s1. The zero-order chi connectivity index (χ0) is 14.0. The van der Waals surface area contributed by atoms with Crippen molar-refractivity contribution in [1.29, 1.82) is 0 Å². The van der Waals surface area contributed by atoms with E-state index in [0.29, 0.717) is 18.4 Å². The minimum atomic E-state index is -4.40. The highest BCUT2D eigenvalue weighted by molar-refractivity contribution is 5.92. The molecule has 1 aliphatic rings. The van der Waals surface area contributed by atoms with Gasteiger partial charge in [0.2, 0.25) is 0 Å². The van der Waals surface area contributed by atoms with Gasteiger partial charge in [-0.25, -0.2) is 0 Å². The summed E-state index contributed by atoms with van der Waals surface area (Å²) in [6, 6.07) is 4.28. The van der Waals surface area contributed by atoms with Crippen LogP contribution in [0.1, 0.15) is 30.1 Å². The van der Waals surface area contributed by atoms with Gasteiger partial charge >= 0.3 is 6.18 Å². The van der Waals surface area contributed by atoms with Gasteiger partial charge in [0.05, 0.1) is 17.6 Å². The number of rotatable bonds is 2. The molecule has 2 atom stereocenters. The number of aliphatic hydroxyl groups excluding tert-OH is 1. The van der Waals surface area contributed by atoms with Crippen molar-refractivity contribution in [2.24, 2.45) is 5.92 Å². The van der Waals surface area contributed by atoms with E-state index >= 15 is 0 Å². The van der Waals surface area contributed by atoms with Crippen molar-refractivity contribution in [2.45, 2.75) is 25.1 Å². The number of allylic oxidation sites excluding steroid dienone is 2.